The summed E-state index contributed by atoms with van der Waals surface area (Å²) in [6, 6.07) is 7.15. The molecule has 1 saturated carbocycles. The van der Waals surface area contributed by atoms with Crippen molar-refractivity contribution >= 4 is 22.7 Å². The maximum Gasteiger partial charge on any atom is 0.201 e. The van der Waals surface area contributed by atoms with Crippen LogP contribution in [0.15, 0.2) is 18.2 Å². The summed E-state index contributed by atoms with van der Waals surface area (Å²) in [6.07, 6.45) is 3.98. The second-order valence-electron chi connectivity index (χ2n) is 5.72. The topological polar surface area (TPSA) is 70.0 Å². The van der Waals surface area contributed by atoms with Gasteiger partial charge < -0.3 is 16.0 Å². The van der Waals surface area contributed by atoms with E-state index >= 15 is 0 Å². The summed E-state index contributed by atoms with van der Waals surface area (Å²) in [5.41, 5.74) is 8.51. The van der Waals surface area contributed by atoms with Gasteiger partial charge in [0.2, 0.25) is 5.95 Å². The molecule has 1 aromatic heterocycles. The third-order valence-electron chi connectivity index (χ3n) is 4.13. The summed E-state index contributed by atoms with van der Waals surface area (Å²) in [7, 11) is 0. The Labute approximate surface area is 112 Å². The number of likely N-dealkylation sites (tertiary alicyclic amines) is 1. The predicted octanol–water partition coefficient (Wildman–Crippen LogP) is 1.79. The highest BCUT2D eigenvalue weighted by atomic mass is 15.2. The monoisotopic (exact) mass is 257 g/mol. The van der Waals surface area contributed by atoms with Crippen LogP contribution in [-0.2, 0) is 0 Å². The number of nitrogens with two attached hydrogens (primary N) is 1. The van der Waals surface area contributed by atoms with Gasteiger partial charge in [0, 0.05) is 30.9 Å². The molecular formula is C14H19N5. The molecule has 5 heteroatoms. The van der Waals surface area contributed by atoms with Crippen molar-refractivity contribution in [3.05, 3.63) is 18.2 Å². The third kappa shape index (κ3) is 2.14. The highest BCUT2D eigenvalue weighted by molar-refractivity contribution is 5.80. The first kappa shape index (κ1) is 11.1. The Balaban J connectivity index is 1.48. The molecule has 1 aliphatic carbocycles. The molecular weight excluding hydrogens is 238 g/mol. The summed E-state index contributed by atoms with van der Waals surface area (Å²) in [6.45, 7) is 2.36. The first-order chi connectivity index (χ1) is 9.28. The van der Waals surface area contributed by atoms with Crippen molar-refractivity contribution < 1.29 is 0 Å². The Bertz CT molecular complexity index is 601. The smallest absolute Gasteiger partial charge is 0.201 e. The molecule has 1 atom stereocenters. The molecule has 1 unspecified atom stereocenters. The molecule has 19 heavy (non-hydrogen) atoms. The quantitative estimate of drug-likeness (QED) is 0.733. The Morgan fingerprint density at radius 3 is 3.05 bits per heavy atom. The summed E-state index contributed by atoms with van der Waals surface area (Å²) in [5.74, 6) is 0.864. The lowest BCUT2D eigenvalue weighted by Gasteiger charge is -2.15. The van der Waals surface area contributed by atoms with Crippen LogP contribution < -0.4 is 11.1 Å². The lowest BCUT2D eigenvalue weighted by Crippen LogP contribution is -2.28. The van der Waals surface area contributed by atoms with Crippen LogP contribution in [0.1, 0.15) is 19.3 Å². The number of benzene rings is 1. The number of anilines is 2. The first-order valence-electron chi connectivity index (χ1n) is 7.04. The number of nitrogens with one attached hydrogen (secondary N) is 2. The third-order valence-corrected chi connectivity index (χ3v) is 4.13. The minimum Gasteiger partial charge on any atom is -0.399 e. The minimum absolute atomic E-state index is 0.513. The molecule has 2 aliphatic rings. The molecule has 0 bridgehead atoms. The van der Waals surface area contributed by atoms with Crippen molar-refractivity contribution in [3.8, 4) is 0 Å². The number of nitrogen functional groups attached to an aromatic ring is 1. The lowest BCUT2D eigenvalue weighted by molar-refractivity contribution is 0.326. The summed E-state index contributed by atoms with van der Waals surface area (Å²) in [4.78, 5) is 10.5. The molecule has 1 aliphatic heterocycles. The van der Waals surface area contributed by atoms with Crippen molar-refractivity contribution in [2.45, 2.75) is 31.3 Å². The fourth-order valence-corrected chi connectivity index (χ4v) is 2.97. The number of rotatable bonds is 3. The van der Waals surface area contributed by atoms with Crippen molar-refractivity contribution in [2.24, 2.45) is 0 Å². The van der Waals surface area contributed by atoms with E-state index < -0.39 is 0 Å². The number of H-pyrrole nitrogens is 1. The molecule has 2 heterocycles. The molecule has 0 spiro atoms. The van der Waals surface area contributed by atoms with E-state index in [1.54, 1.807) is 0 Å². The van der Waals surface area contributed by atoms with Crippen molar-refractivity contribution in [2.75, 3.05) is 24.1 Å². The number of aromatic amines is 1. The fourth-order valence-electron chi connectivity index (χ4n) is 2.97. The van der Waals surface area contributed by atoms with Crippen molar-refractivity contribution in [1.82, 2.24) is 14.9 Å². The molecule has 0 amide bonds. The van der Waals surface area contributed by atoms with Crippen LogP contribution in [0.4, 0.5) is 11.6 Å². The van der Waals surface area contributed by atoms with Crippen LogP contribution in [0.2, 0.25) is 0 Å². The number of hydrogen-bond donors (Lipinski definition) is 3. The second kappa shape index (κ2) is 4.13. The lowest BCUT2D eigenvalue weighted by atomic mass is 10.3. The van der Waals surface area contributed by atoms with Gasteiger partial charge in [-0.1, -0.05) is 0 Å². The first-order valence-corrected chi connectivity index (χ1v) is 7.04. The van der Waals surface area contributed by atoms with Gasteiger partial charge in [0.05, 0.1) is 11.0 Å². The maximum absolute atomic E-state index is 5.78. The average molecular weight is 257 g/mol. The minimum atomic E-state index is 0.513. The van der Waals surface area contributed by atoms with Crippen molar-refractivity contribution in [3.63, 3.8) is 0 Å². The van der Waals surface area contributed by atoms with Crippen LogP contribution >= 0.6 is 0 Å². The number of hydrogen-bond acceptors (Lipinski definition) is 4. The predicted molar refractivity (Wildman–Crippen MR) is 77.1 cm³/mol. The van der Waals surface area contributed by atoms with E-state index in [0.29, 0.717) is 6.04 Å². The van der Waals surface area contributed by atoms with Gasteiger partial charge in [0.1, 0.15) is 0 Å². The molecule has 4 N–H and O–H groups in total. The van der Waals surface area contributed by atoms with Crippen LogP contribution in [-0.4, -0.2) is 40.0 Å². The van der Waals surface area contributed by atoms with E-state index in [-0.39, 0.29) is 0 Å². The summed E-state index contributed by atoms with van der Waals surface area (Å²) >= 11 is 0. The van der Waals surface area contributed by atoms with E-state index in [9.17, 15) is 0 Å². The largest absolute Gasteiger partial charge is 0.399 e. The van der Waals surface area contributed by atoms with E-state index in [2.05, 4.69) is 20.2 Å². The molecule has 1 aromatic carbocycles. The highest BCUT2D eigenvalue weighted by Crippen LogP contribution is 2.30. The Kier molecular flexibility index (Phi) is 2.41. The normalized spacial score (nSPS) is 24.1. The van der Waals surface area contributed by atoms with Gasteiger partial charge in [-0.2, -0.15) is 0 Å². The maximum atomic E-state index is 5.78. The standard InChI is InChI=1S/C14H19N5/c15-9-1-4-12-13(7-9)18-14(17-12)16-10-5-6-19(8-10)11-2-3-11/h1,4,7,10-11H,2-3,5-6,8,15H2,(H2,16,17,18). The fraction of sp³-hybridized carbons (Fsp3) is 0.500. The zero-order valence-corrected chi connectivity index (χ0v) is 10.9. The highest BCUT2D eigenvalue weighted by Gasteiger charge is 2.34. The number of fused-ring (bicyclic) bond motifs is 1. The van der Waals surface area contributed by atoms with E-state index in [4.69, 9.17) is 5.73 Å². The van der Waals surface area contributed by atoms with Gasteiger partial charge in [-0.25, -0.2) is 4.98 Å². The zero-order chi connectivity index (χ0) is 12.8. The Hall–Kier alpha value is -1.75. The van der Waals surface area contributed by atoms with E-state index in [1.807, 2.05) is 18.2 Å². The van der Waals surface area contributed by atoms with Crippen LogP contribution in [0.25, 0.3) is 11.0 Å². The molecule has 0 radical (unpaired) electrons. The number of aromatic nitrogens is 2. The Morgan fingerprint density at radius 2 is 2.21 bits per heavy atom. The van der Waals surface area contributed by atoms with Crippen molar-refractivity contribution in [1.29, 1.82) is 0 Å². The van der Waals surface area contributed by atoms with Gasteiger partial charge >= 0.3 is 0 Å². The van der Waals surface area contributed by atoms with Gasteiger partial charge in [-0.15, -0.1) is 0 Å². The molecule has 2 aromatic rings. The average Bonchev–Trinajstić information content (AvgIpc) is 3.01. The molecule has 4 rings (SSSR count). The van der Waals surface area contributed by atoms with Gasteiger partial charge in [0.15, 0.2) is 0 Å². The summed E-state index contributed by atoms with van der Waals surface area (Å²) < 4.78 is 0. The second-order valence-corrected chi connectivity index (χ2v) is 5.72. The van der Waals surface area contributed by atoms with Crippen LogP contribution in [0.5, 0.6) is 0 Å². The summed E-state index contributed by atoms with van der Waals surface area (Å²) in [5, 5.41) is 3.51. The van der Waals surface area contributed by atoms with E-state index in [0.717, 1.165) is 35.3 Å². The van der Waals surface area contributed by atoms with Crippen LogP contribution in [0, 0.1) is 0 Å². The number of nitrogens with zero attached hydrogens (tertiary/aromatic N) is 2. The van der Waals surface area contributed by atoms with E-state index in [1.165, 1.54) is 25.8 Å². The zero-order valence-electron chi connectivity index (χ0n) is 10.9. The number of imidazole rings is 1. The van der Waals surface area contributed by atoms with Gasteiger partial charge in [0.25, 0.3) is 0 Å². The van der Waals surface area contributed by atoms with Crippen LogP contribution in [0.3, 0.4) is 0 Å². The molecule has 1 saturated heterocycles. The molecule has 5 nitrogen and oxygen atoms in total. The van der Waals surface area contributed by atoms with Gasteiger partial charge in [-0.05, 0) is 37.5 Å². The molecule has 2 fully saturated rings. The SMILES string of the molecule is Nc1ccc2nc(NC3CCN(C4CC4)C3)[nH]c2c1. The molecule has 100 valence electrons. The Morgan fingerprint density at radius 1 is 1.32 bits per heavy atom. The van der Waals surface area contributed by atoms with Gasteiger partial charge in [-0.3, -0.25) is 4.90 Å².